The summed E-state index contributed by atoms with van der Waals surface area (Å²) >= 11 is 0. The highest BCUT2D eigenvalue weighted by molar-refractivity contribution is 5.95. The number of aromatic nitrogens is 2. The Bertz CT molecular complexity index is 702. The Morgan fingerprint density at radius 2 is 1.95 bits per heavy atom. The van der Waals surface area contributed by atoms with Crippen LogP contribution in [0.25, 0.3) is 0 Å². The van der Waals surface area contributed by atoms with E-state index in [1.165, 1.54) is 6.92 Å². The molecule has 3 rings (SSSR count). The van der Waals surface area contributed by atoms with Crippen LogP contribution in [0.1, 0.15) is 24.8 Å². The fourth-order valence-electron chi connectivity index (χ4n) is 2.73. The molecule has 112 valence electrons. The van der Waals surface area contributed by atoms with Crippen LogP contribution >= 0.6 is 0 Å². The maximum absolute atomic E-state index is 12.2. The number of fused-ring (bicyclic) bond motifs is 1. The fourth-order valence-corrected chi connectivity index (χ4v) is 2.73. The van der Waals surface area contributed by atoms with Crippen LogP contribution in [0.2, 0.25) is 0 Å². The van der Waals surface area contributed by atoms with Gasteiger partial charge in [0.1, 0.15) is 0 Å². The molecular formula is C16H16N4O2. The number of benzene rings is 1. The van der Waals surface area contributed by atoms with Gasteiger partial charge in [-0.25, -0.2) is 9.97 Å². The minimum absolute atomic E-state index is 0.0104. The lowest BCUT2D eigenvalue weighted by Crippen LogP contribution is -2.28. The van der Waals surface area contributed by atoms with Crippen molar-refractivity contribution in [3.63, 3.8) is 0 Å². The van der Waals surface area contributed by atoms with E-state index < -0.39 is 0 Å². The predicted octanol–water partition coefficient (Wildman–Crippen LogP) is 1.96. The molecule has 2 heterocycles. The topological polar surface area (TPSA) is 75.2 Å². The van der Waals surface area contributed by atoms with E-state index in [1.54, 1.807) is 23.4 Å². The first-order valence-electron chi connectivity index (χ1n) is 7.09. The number of carbonyl (C=O) groups excluding carboxylic acids is 2. The molecule has 1 N–H and O–H groups in total. The van der Waals surface area contributed by atoms with Gasteiger partial charge in [0, 0.05) is 43.9 Å². The van der Waals surface area contributed by atoms with Crippen molar-refractivity contribution in [3.05, 3.63) is 48.3 Å². The Morgan fingerprint density at radius 3 is 2.68 bits per heavy atom. The van der Waals surface area contributed by atoms with Crippen molar-refractivity contribution in [2.45, 2.75) is 19.3 Å². The average Bonchev–Trinajstić information content (AvgIpc) is 2.87. The van der Waals surface area contributed by atoms with Gasteiger partial charge >= 0.3 is 0 Å². The van der Waals surface area contributed by atoms with Gasteiger partial charge in [0.15, 0.2) is 0 Å². The van der Waals surface area contributed by atoms with Crippen LogP contribution in [0.5, 0.6) is 0 Å². The van der Waals surface area contributed by atoms with Crippen molar-refractivity contribution in [2.75, 3.05) is 16.8 Å². The lowest BCUT2D eigenvalue weighted by molar-refractivity contribution is -0.118. The molecule has 0 saturated carbocycles. The summed E-state index contributed by atoms with van der Waals surface area (Å²) < 4.78 is 0. The summed E-state index contributed by atoms with van der Waals surface area (Å²) in [5.41, 5.74) is 1.92. The third-order valence-corrected chi connectivity index (χ3v) is 3.70. The monoisotopic (exact) mass is 296 g/mol. The molecule has 1 aromatic heterocycles. The van der Waals surface area contributed by atoms with Gasteiger partial charge in [-0.15, -0.1) is 0 Å². The zero-order valence-electron chi connectivity index (χ0n) is 12.2. The van der Waals surface area contributed by atoms with Gasteiger partial charge in [0.2, 0.25) is 17.8 Å². The molecule has 22 heavy (non-hydrogen) atoms. The van der Waals surface area contributed by atoms with Crippen LogP contribution in [-0.4, -0.2) is 28.3 Å². The Hall–Kier alpha value is -2.76. The molecule has 1 atom stereocenters. The molecule has 1 aliphatic heterocycles. The number of hydrogen-bond acceptors (Lipinski definition) is 4. The van der Waals surface area contributed by atoms with Gasteiger partial charge in [0.05, 0.1) is 0 Å². The first-order chi connectivity index (χ1) is 10.6. The number of amides is 2. The SMILES string of the molecule is CC(=O)N1CC(CC(=O)Nc2ncccn2)c2ccccc21. The van der Waals surface area contributed by atoms with Crippen molar-refractivity contribution in [1.29, 1.82) is 0 Å². The van der Waals surface area contributed by atoms with Gasteiger partial charge in [-0.1, -0.05) is 18.2 Å². The zero-order valence-corrected chi connectivity index (χ0v) is 12.2. The molecule has 2 aromatic rings. The molecule has 2 amide bonds. The first kappa shape index (κ1) is 14.2. The van der Waals surface area contributed by atoms with E-state index in [2.05, 4.69) is 15.3 Å². The van der Waals surface area contributed by atoms with Crippen LogP contribution < -0.4 is 10.2 Å². The molecule has 1 unspecified atom stereocenters. The van der Waals surface area contributed by atoms with E-state index in [9.17, 15) is 9.59 Å². The molecule has 1 aliphatic rings. The number of anilines is 2. The van der Waals surface area contributed by atoms with E-state index in [-0.39, 0.29) is 17.7 Å². The van der Waals surface area contributed by atoms with Crippen LogP contribution in [0.3, 0.4) is 0 Å². The minimum Gasteiger partial charge on any atom is -0.312 e. The Kier molecular flexibility index (Phi) is 3.82. The molecule has 0 bridgehead atoms. The van der Waals surface area contributed by atoms with Crippen LogP contribution in [-0.2, 0) is 9.59 Å². The number of nitrogens with one attached hydrogen (secondary N) is 1. The molecule has 0 saturated heterocycles. The van der Waals surface area contributed by atoms with Crippen LogP contribution in [0.4, 0.5) is 11.6 Å². The van der Waals surface area contributed by atoms with Crippen molar-refractivity contribution in [1.82, 2.24) is 9.97 Å². The average molecular weight is 296 g/mol. The summed E-state index contributed by atoms with van der Waals surface area (Å²) in [4.78, 5) is 33.6. The molecule has 6 heteroatoms. The number of rotatable bonds is 3. The summed E-state index contributed by atoms with van der Waals surface area (Å²) in [6.07, 6.45) is 3.44. The molecule has 0 fully saturated rings. The smallest absolute Gasteiger partial charge is 0.229 e. The second-order valence-corrected chi connectivity index (χ2v) is 5.21. The molecule has 1 aromatic carbocycles. The summed E-state index contributed by atoms with van der Waals surface area (Å²) in [6.45, 7) is 2.06. The fraction of sp³-hybridized carbons (Fsp3) is 0.250. The minimum atomic E-state index is -0.156. The number of hydrogen-bond donors (Lipinski definition) is 1. The lowest BCUT2D eigenvalue weighted by atomic mass is 9.98. The van der Waals surface area contributed by atoms with Crippen LogP contribution in [0.15, 0.2) is 42.7 Å². The lowest BCUT2D eigenvalue weighted by Gasteiger charge is -2.15. The second-order valence-electron chi connectivity index (χ2n) is 5.21. The number of nitrogens with zero attached hydrogens (tertiary/aromatic N) is 3. The maximum atomic E-state index is 12.2. The normalized spacial score (nSPS) is 16.2. The number of para-hydroxylation sites is 1. The van der Waals surface area contributed by atoms with Gasteiger partial charge in [-0.3, -0.25) is 14.9 Å². The first-order valence-corrected chi connectivity index (χ1v) is 7.09. The second kappa shape index (κ2) is 5.93. The van der Waals surface area contributed by atoms with E-state index in [4.69, 9.17) is 0 Å². The van der Waals surface area contributed by atoms with Crippen molar-refractivity contribution < 1.29 is 9.59 Å². The highest BCUT2D eigenvalue weighted by Gasteiger charge is 2.31. The van der Waals surface area contributed by atoms with Crippen LogP contribution in [0, 0.1) is 0 Å². The quantitative estimate of drug-likeness (QED) is 0.939. The Balaban J connectivity index is 1.73. The van der Waals surface area contributed by atoms with E-state index >= 15 is 0 Å². The molecule has 6 nitrogen and oxygen atoms in total. The van der Waals surface area contributed by atoms with Gasteiger partial charge < -0.3 is 4.90 Å². The van der Waals surface area contributed by atoms with Crippen molar-refractivity contribution in [3.8, 4) is 0 Å². The number of carbonyl (C=O) groups is 2. The molecule has 0 spiro atoms. The Labute approximate surface area is 128 Å². The third kappa shape index (κ3) is 2.81. The zero-order chi connectivity index (χ0) is 15.5. The summed E-state index contributed by atoms with van der Waals surface area (Å²) in [7, 11) is 0. The maximum Gasteiger partial charge on any atom is 0.229 e. The van der Waals surface area contributed by atoms with Crippen molar-refractivity contribution in [2.24, 2.45) is 0 Å². The van der Waals surface area contributed by atoms with E-state index in [0.29, 0.717) is 18.9 Å². The van der Waals surface area contributed by atoms with Gasteiger partial charge in [-0.2, -0.15) is 0 Å². The summed E-state index contributed by atoms with van der Waals surface area (Å²) in [6, 6.07) is 9.39. The largest absolute Gasteiger partial charge is 0.312 e. The standard InChI is InChI=1S/C16H16N4O2/c1-11(21)20-10-12(13-5-2-3-6-14(13)20)9-15(22)19-16-17-7-4-8-18-16/h2-8,12H,9-10H2,1H3,(H,17,18,19,22). The highest BCUT2D eigenvalue weighted by atomic mass is 16.2. The molecule has 0 radical (unpaired) electrons. The van der Waals surface area contributed by atoms with E-state index in [1.807, 2.05) is 24.3 Å². The molecule has 0 aliphatic carbocycles. The third-order valence-electron chi connectivity index (χ3n) is 3.70. The Morgan fingerprint density at radius 1 is 1.23 bits per heavy atom. The van der Waals surface area contributed by atoms with Crippen molar-refractivity contribution >= 4 is 23.5 Å². The summed E-state index contributed by atoms with van der Waals surface area (Å²) in [5, 5.41) is 2.68. The predicted molar refractivity (Wildman–Crippen MR) is 82.5 cm³/mol. The van der Waals surface area contributed by atoms with Gasteiger partial charge in [0.25, 0.3) is 0 Å². The molecular weight excluding hydrogens is 280 g/mol. The highest BCUT2D eigenvalue weighted by Crippen LogP contribution is 2.37. The summed E-state index contributed by atoms with van der Waals surface area (Å²) in [5.74, 6) is 0.115. The van der Waals surface area contributed by atoms with Gasteiger partial charge in [-0.05, 0) is 17.7 Å². The van der Waals surface area contributed by atoms with E-state index in [0.717, 1.165) is 11.3 Å².